The van der Waals surface area contributed by atoms with E-state index in [0.717, 1.165) is 11.3 Å². The van der Waals surface area contributed by atoms with E-state index in [1.54, 1.807) is 50.4 Å². The second-order valence-electron chi connectivity index (χ2n) is 7.83. The number of carbonyl (C=O) groups excluding carboxylic acids is 2. The number of rotatable bonds is 5. The van der Waals surface area contributed by atoms with E-state index in [4.69, 9.17) is 9.47 Å². The maximum absolute atomic E-state index is 12.9. The molecule has 0 saturated heterocycles. The fourth-order valence-corrected chi connectivity index (χ4v) is 2.52. The van der Waals surface area contributed by atoms with Gasteiger partial charge in [-0.3, -0.25) is 4.90 Å². The molecule has 0 aliphatic heterocycles. The SMILES string of the molecule is COc1ccc(CN(C(=O)Oc2cccc(NC(=O)N(C)C)c2)C(C)(C)C)cc1. The number of anilines is 1. The van der Waals surface area contributed by atoms with E-state index in [1.807, 2.05) is 45.0 Å². The number of carbonyl (C=O) groups is 2. The third kappa shape index (κ3) is 6.41. The van der Waals surface area contributed by atoms with Crippen LogP contribution in [-0.4, -0.2) is 48.7 Å². The Bertz CT molecular complexity index is 842. The molecule has 1 N–H and O–H groups in total. The van der Waals surface area contributed by atoms with E-state index in [0.29, 0.717) is 18.0 Å². The van der Waals surface area contributed by atoms with Crippen LogP contribution in [0.5, 0.6) is 11.5 Å². The monoisotopic (exact) mass is 399 g/mol. The molecule has 7 heteroatoms. The van der Waals surface area contributed by atoms with Gasteiger partial charge in [0.2, 0.25) is 0 Å². The Hall–Kier alpha value is -3.22. The highest BCUT2D eigenvalue weighted by Gasteiger charge is 2.28. The summed E-state index contributed by atoms with van der Waals surface area (Å²) >= 11 is 0. The number of nitrogens with zero attached hydrogens (tertiary/aromatic N) is 2. The van der Waals surface area contributed by atoms with Gasteiger partial charge in [0.1, 0.15) is 11.5 Å². The summed E-state index contributed by atoms with van der Waals surface area (Å²) in [5.74, 6) is 1.12. The van der Waals surface area contributed by atoms with Crippen molar-refractivity contribution in [2.75, 3.05) is 26.5 Å². The Labute approximate surface area is 172 Å². The van der Waals surface area contributed by atoms with Crippen LogP contribution in [0.25, 0.3) is 0 Å². The van der Waals surface area contributed by atoms with Crippen LogP contribution in [0.15, 0.2) is 48.5 Å². The van der Waals surface area contributed by atoms with Crippen molar-refractivity contribution in [2.45, 2.75) is 32.9 Å². The second-order valence-corrected chi connectivity index (χ2v) is 7.83. The smallest absolute Gasteiger partial charge is 0.415 e. The predicted octanol–water partition coefficient (Wildman–Crippen LogP) is 4.59. The van der Waals surface area contributed by atoms with Crippen molar-refractivity contribution >= 4 is 17.8 Å². The lowest BCUT2D eigenvalue weighted by Crippen LogP contribution is -2.46. The summed E-state index contributed by atoms with van der Waals surface area (Å²) in [4.78, 5) is 27.8. The van der Waals surface area contributed by atoms with Crippen LogP contribution in [0, 0.1) is 0 Å². The maximum atomic E-state index is 12.9. The first-order valence-corrected chi connectivity index (χ1v) is 9.31. The molecule has 0 atom stereocenters. The van der Waals surface area contributed by atoms with Gasteiger partial charge in [-0.05, 0) is 50.6 Å². The second kappa shape index (κ2) is 9.32. The third-order valence-electron chi connectivity index (χ3n) is 4.23. The fourth-order valence-electron chi connectivity index (χ4n) is 2.52. The fraction of sp³-hybridized carbons (Fsp3) is 0.364. The number of hydrogen-bond donors (Lipinski definition) is 1. The number of hydrogen-bond acceptors (Lipinski definition) is 4. The van der Waals surface area contributed by atoms with Crippen molar-refractivity contribution in [1.29, 1.82) is 0 Å². The van der Waals surface area contributed by atoms with Gasteiger partial charge in [0, 0.05) is 37.9 Å². The number of urea groups is 1. The summed E-state index contributed by atoms with van der Waals surface area (Å²) in [6.45, 7) is 6.24. The predicted molar refractivity (Wildman–Crippen MR) is 113 cm³/mol. The van der Waals surface area contributed by atoms with E-state index in [-0.39, 0.29) is 6.03 Å². The van der Waals surface area contributed by atoms with E-state index in [2.05, 4.69) is 5.32 Å². The van der Waals surface area contributed by atoms with Gasteiger partial charge in [-0.15, -0.1) is 0 Å². The van der Waals surface area contributed by atoms with Crippen molar-refractivity contribution in [3.05, 3.63) is 54.1 Å². The molecule has 0 fully saturated rings. The summed E-state index contributed by atoms with van der Waals surface area (Å²) in [5, 5.41) is 2.74. The third-order valence-corrected chi connectivity index (χ3v) is 4.23. The average molecular weight is 399 g/mol. The van der Waals surface area contributed by atoms with Gasteiger partial charge in [-0.2, -0.15) is 0 Å². The van der Waals surface area contributed by atoms with E-state index in [1.165, 1.54) is 4.90 Å². The largest absolute Gasteiger partial charge is 0.497 e. The van der Waals surface area contributed by atoms with Crippen LogP contribution in [-0.2, 0) is 6.54 Å². The number of methoxy groups -OCH3 is 1. The highest BCUT2D eigenvalue weighted by atomic mass is 16.6. The van der Waals surface area contributed by atoms with Crippen molar-refractivity contribution in [1.82, 2.24) is 9.80 Å². The summed E-state index contributed by atoms with van der Waals surface area (Å²) in [6, 6.07) is 14.0. The molecular formula is C22H29N3O4. The maximum Gasteiger partial charge on any atom is 0.415 e. The van der Waals surface area contributed by atoms with Crippen molar-refractivity contribution in [2.24, 2.45) is 0 Å². The number of benzene rings is 2. The zero-order valence-electron chi connectivity index (χ0n) is 17.9. The molecular weight excluding hydrogens is 370 g/mol. The summed E-state index contributed by atoms with van der Waals surface area (Å²) < 4.78 is 10.8. The number of ether oxygens (including phenoxy) is 2. The Balaban J connectivity index is 2.14. The molecule has 2 aromatic rings. The molecule has 0 bridgehead atoms. The molecule has 29 heavy (non-hydrogen) atoms. The number of nitrogens with one attached hydrogen (secondary N) is 1. The molecule has 0 unspecified atom stereocenters. The lowest BCUT2D eigenvalue weighted by Gasteiger charge is -2.34. The molecule has 0 aromatic heterocycles. The van der Waals surface area contributed by atoms with Gasteiger partial charge < -0.3 is 19.7 Å². The first-order chi connectivity index (χ1) is 13.6. The molecule has 0 radical (unpaired) electrons. The van der Waals surface area contributed by atoms with Crippen molar-refractivity contribution in [3.63, 3.8) is 0 Å². The lowest BCUT2D eigenvalue weighted by molar-refractivity contribution is 0.102. The molecule has 0 saturated carbocycles. The minimum absolute atomic E-state index is 0.260. The highest BCUT2D eigenvalue weighted by Crippen LogP contribution is 2.23. The molecule has 0 aliphatic carbocycles. The average Bonchev–Trinajstić information content (AvgIpc) is 2.65. The van der Waals surface area contributed by atoms with E-state index >= 15 is 0 Å². The van der Waals surface area contributed by atoms with Gasteiger partial charge in [-0.1, -0.05) is 18.2 Å². The minimum atomic E-state index is -0.468. The van der Waals surface area contributed by atoms with E-state index in [9.17, 15) is 9.59 Å². The molecule has 0 spiro atoms. The van der Waals surface area contributed by atoms with Crippen LogP contribution in [0.2, 0.25) is 0 Å². The van der Waals surface area contributed by atoms with Gasteiger partial charge >= 0.3 is 12.1 Å². The number of amides is 3. The standard InChI is InChI=1S/C22H29N3O4/c1-22(2,3)25(15-16-10-12-18(28-6)13-11-16)21(27)29-19-9-7-8-17(14-19)23-20(26)24(4)5/h7-14H,15H2,1-6H3,(H,23,26). The summed E-state index contributed by atoms with van der Waals surface area (Å²) in [7, 11) is 4.92. The molecule has 2 rings (SSSR count). The van der Waals surface area contributed by atoms with Crippen LogP contribution in [0.4, 0.5) is 15.3 Å². The van der Waals surface area contributed by atoms with Gasteiger partial charge in [-0.25, -0.2) is 9.59 Å². The summed E-state index contributed by atoms with van der Waals surface area (Å²) in [6.07, 6.45) is -0.468. The summed E-state index contributed by atoms with van der Waals surface area (Å²) in [5.41, 5.74) is 1.06. The van der Waals surface area contributed by atoms with Crippen LogP contribution in [0.3, 0.4) is 0 Å². The Morgan fingerprint density at radius 2 is 1.66 bits per heavy atom. The topological polar surface area (TPSA) is 71.1 Å². The Morgan fingerprint density at radius 3 is 2.21 bits per heavy atom. The van der Waals surface area contributed by atoms with Crippen molar-refractivity contribution in [3.8, 4) is 11.5 Å². The zero-order chi connectivity index (χ0) is 21.6. The van der Waals surface area contributed by atoms with Gasteiger partial charge in [0.25, 0.3) is 0 Å². The molecule has 7 nitrogen and oxygen atoms in total. The quantitative estimate of drug-likeness (QED) is 0.798. The highest BCUT2D eigenvalue weighted by molar-refractivity contribution is 5.89. The molecule has 156 valence electrons. The molecule has 0 heterocycles. The Morgan fingerprint density at radius 1 is 1.00 bits per heavy atom. The first-order valence-electron chi connectivity index (χ1n) is 9.31. The first kappa shape index (κ1) is 22.1. The van der Waals surface area contributed by atoms with Crippen LogP contribution < -0.4 is 14.8 Å². The zero-order valence-corrected chi connectivity index (χ0v) is 17.9. The van der Waals surface area contributed by atoms with Crippen molar-refractivity contribution < 1.29 is 19.1 Å². The molecule has 0 aliphatic rings. The Kier molecular flexibility index (Phi) is 7.09. The minimum Gasteiger partial charge on any atom is -0.497 e. The van der Waals surface area contributed by atoms with Gasteiger partial charge in [0.05, 0.1) is 7.11 Å². The van der Waals surface area contributed by atoms with Crippen LogP contribution >= 0.6 is 0 Å². The lowest BCUT2D eigenvalue weighted by atomic mass is 10.1. The normalized spacial score (nSPS) is 10.8. The van der Waals surface area contributed by atoms with Gasteiger partial charge in [0.15, 0.2) is 0 Å². The van der Waals surface area contributed by atoms with E-state index < -0.39 is 11.6 Å². The molecule has 3 amide bonds. The molecule has 2 aromatic carbocycles. The van der Waals surface area contributed by atoms with Crippen LogP contribution in [0.1, 0.15) is 26.3 Å².